The number of amidine groups is 1. The van der Waals surface area contributed by atoms with Gasteiger partial charge in [-0.1, -0.05) is 68.1 Å². The molecule has 1 N–H and O–H groups in total. The molecule has 0 spiro atoms. The van der Waals surface area contributed by atoms with Crippen molar-refractivity contribution < 1.29 is 22.7 Å². The van der Waals surface area contributed by atoms with Crippen molar-refractivity contribution in [1.82, 2.24) is 20.1 Å². The lowest BCUT2D eigenvalue weighted by Crippen LogP contribution is -2.32. The van der Waals surface area contributed by atoms with Gasteiger partial charge in [0.05, 0.1) is 17.1 Å². The van der Waals surface area contributed by atoms with E-state index in [9.17, 15) is 18.0 Å². The van der Waals surface area contributed by atoms with E-state index in [2.05, 4.69) is 39.0 Å². The molecule has 2 atom stereocenters. The van der Waals surface area contributed by atoms with Crippen LogP contribution < -0.4 is 15.0 Å². The number of halogens is 3. The highest BCUT2D eigenvalue weighted by molar-refractivity contribution is 8.15. The standard InChI is InChI=1S/C31H27F3N6O2S2/c1-18(2)23-5-3-4-6-26(23)40-27(41)16-44-30(40)37-29(43)36-25-15-24(25)19-7-9-20(10-8-19)28-35-17-39(38-28)21-11-13-22(14-12-21)42-31(32,33)34/h3-14,17-18,24-25H,15-16H2,1-2H3,(H,36,43). The van der Waals surface area contributed by atoms with Gasteiger partial charge in [-0.15, -0.1) is 18.3 Å². The van der Waals surface area contributed by atoms with Crippen molar-refractivity contribution in [1.29, 1.82) is 0 Å². The highest BCUT2D eigenvalue weighted by Crippen LogP contribution is 2.41. The summed E-state index contributed by atoms with van der Waals surface area (Å²) >= 11 is 6.96. The molecule has 1 aliphatic carbocycles. The Balaban J connectivity index is 1.07. The minimum absolute atomic E-state index is 0.0122. The largest absolute Gasteiger partial charge is 0.573 e. The number of thioether (sulfide) groups is 1. The molecule has 226 valence electrons. The number of carbonyl (C=O) groups is 1. The van der Waals surface area contributed by atoms with Crippen LogP contribution in [0.5, 0.6) is 5.75 Å². The number of benzene rings is 3. The molecule has 2 fully saturated rings. The number of aromatic nitrogens is 3. The number of hydrogen-bond donors (Lipinski definition) is 1. The molecule has 1 aliphatic heterocycles. The first-order valence-electron chi connectivity index (χ1n) is 13.9. The first kappa shape index (κ1) is 29.8. The number of aliphatic imine (C=N–C) groups is 1. The van der Waals surface area contributed by atoms with E-state index in [1.54, 1.807) is 4.90 Å². The van der Waals surface area contributed by atoms with Crippen molar-refractivity contribution in [2.24, 2.45) is 4.99 Å². The Morgan fingerprint density at radius 1 is 1.09 bits per heavy atom. The van der Waals surface area contributed by atoms with Crippen LogP contribution in [0.15, 0.2) is 84.1 Å². The molecule has 8 nitrogen and oxygen atoms in total. The van der Waals surface area contributed by atoms with Gasteiger partial charge in [-0.2, -0.15) is 4.99 Å². The van der Waals surface area contributed by atoms with Gasteiger partial charge in [0.1, 0.15) is 12.1 Å². The molecule has 2 aliphatic rings. The highest BCUT2D eigenvalue weighted by atomic mass is 32.2. The highest BCUT2D eigenvalue weighted by Gasteiger charge is 2.39. The Morgan fingerprint density at radius 3 is 2.52 bits per heavy atom. The number of nitrogens with zero attached hydrogens (tertiary/aromatic N) is 5. The number of hydrogen-bond acceptors (Lipinski definition) is 6. The number of nitrogens with one attached hydrogen (secondary N) is 1. The van der Waals surface area contributed by atoms with Crippen LogP contribution in [0.3, 0.4) is 0 Å². The van der Waals surface area contributed by atoms with Crippen LogP contribution in [0.1, 0.15) is 43.2 Å². The van der Waals surface area contributed by atoms with Crippen molar-refractivity contribution in [3.8, 4) is 22.8 Å². The molecular weight excluding hydrogens is 610 g/mol. The number of anilines is 1. The lowest BCUT2D eigenvalue weighted by molar-refractivity contribution is -0.274. The van der Waals surface area contributed by atoms with Crippen molar-refractivity contribution in [2.45, 2.75) is 44.5 Å². The molecular formula is C31H27F3N6O2S2. The lowest BCUT2D eigenvalue weighted by atomic mass is 10.0. The van der Waals surface area contributed by atoms with Crippen molar-refractivity contribution in [3.05, 3.63) is 90.3 Å². The molecule has 1 aromatic heterocycles. The maximum absolute atomic E-state index is 12.8. The van der Waals surface area contributed by atoms with Crippen molar-refractivity contribution in [3.63, 3.8) is 0 Å². The van der Waals surface area contributed by atoms with Gasteiger partial charge in [0.15, 0.2) is 16.1 Å². The van der Waals surface area contributed by atoms with E-state index in [4.69, 9.17) is 12.2 Å². The Kier molecular flexibility index (Phi) is 8.16. The van der Waals surface area contributed by atoms with Crippen LogP contribution in [-0.2, 0) is 4.79 Å². The van der Waals surface area contributed by atoms with Gasteiger partial charge in [-0.25, -0.2) is 9.67 Å². The summed E-state index contributed by atoms with van der Waals surface area (Å²) in [7, 11) is 0. The molecule has 13 heteroatoms. The normalized spacial score (nSPS) is 19.1. The van der Waals surface area contributed by atoms with Crippen LogP contribution in [0, 0.1) is 0 Å². The van der Waals surface area contributed by atoms with E-state index < -0.39 is 6.36 Å². The molecule has 1 saturated heterocycles. The summed E-state index contributed by atoms with van der Waals surface area (Å²) in [5, 5.41) is 8.73. The molecule has 3 aromatic carbocycles. The number of thiocarbonyl (C=S) groups is 1. The average Bonchev–Trinajstić information content (AvgIpc) is 3.39. The fraction of sp³-hybridized carbons (Fsp3) is 0.258. The maximum atomic E-state index is 12.8. The number of para-hydroxylation sites is 1. The zero-order valence-corrected chi connectivity index (χ0v) is 25.3. The lowest BCUT2D eigenvalue weighted by Gasteiger charge is -2.21. The number of alkyl halides is 3. The van der Waals surface area contributed by atoms with Gasteiger partial charge in [0.25, 0.3) is 0 Å². The van der Waals surface area contributed by atoms with Crippen LogP contribution in [0.4, 0.5) is 18.9 Å². The Morgan fingerprint density at radius 2 is 1.82 bits per heavy atom. The maximum Gasteiger partial charge on any atom is 0.573 e. The Labute approximate surface area is 261 Å². The van der Waals surface area contributed by atoms with E-state index in [0.29, 0.717) is 27.5 Å². The van der Waals surface area contributed by atoms with Gasteiger partial charge in [-0.3, -0.25) is 9.69 Å². The summed E-state index contributed by atoms with van der Waals surface area (Å²) in [6.07, 6.45) is -2.34. The third kappa shape index (κ3) is 6.63. The SMILES string of the molecule is CC(C)c1ccccc1N1C(=O)CSC1=NC(=S)NC1CC1c1ccc(-c2ncn(-c3ccc(OC(F)(F)F)cc3)n2)cc1. The Hall–Kier alpha value is -4.23. The third-order valence-corrected chi connectivity index (χ3v) is 8.42. The quantitative estimate of drug-likeness (QED) is 0.223. The zero-order valence-electron chi connectivity index (χ0n) is 23.7. The fourth-order valence-electron chi connectivity index (χ4n) is 5.06. The van der Waals surface area contributed by atoms with Crippen molar-refractivity contribution >= 4 is 45.9 Å². The van der Waals surface area contributed by atoms with Gasteiger partial charge in [0, 0.05) is 17.5 Å². The number of amides is 1. The monoisotopic (exact) mass is 636 g/mol. The summed E-state index contributed by atoms with van der Waals surface area (Å²) in [6, 6.07) is 21.3. The molecule has 44 heavy (non-hydrogen) atoms. The van der Waals surface area contributed by atoms with Crippen LogP contribution >= 0.6 is 24.0 Å². The molecule has 2 heterocycles. The van der Waals surface area contributed by atoms with Crippen LogP contribution in [-0.4, -0.2) is 49.1 Å². The van der Waals surface area contributed by atoms with Crippen LogP contribution in [0.25, 0.3) is 17.1 Å². The summed E-state index contributed by atoms with van der Waals surface area (Å²) < 4.78 is 42.7. The summed E-state index contributed by atoms with van der Waals surface area (Å²) in [5.41, 5.74) is 4.42. The number of carbonyl (C=O) groups excluding carboxylic acids is 1. The van der Waals surface area contributed by atoms with E-state index in [1.807, 2.05) is 48.5 Å². The molecule has 0 radical (unpaired) electrons. The van der Waals surface area contributed by atoms with E-state index >= 15 is 0 Å². The Bertz CT molecular complexity index is 1720. The second kappa shape index (κ2) is 12.0. The third-order valence-electron chi connectivity index (χ3n) is 7.29. The van der Waals surface area contributed by atoms with Gasteiger partial charge >= 0.3 is 6.36 Å². The topological polar surface area (TPSA) is 84.6 Å². The average molecular weight is 637 g/mol. The minimum atomic E-state index is -4.75. The van der Waals surface area contributed by atoms with Crippen molar-refractivity contribution in [2.75, 3.05) is 10.7 Å². The minimum Gasteiger partial charge on any atom is -0.406 e. The van der Waals surface area contributed by atoms with E-state index in [0.717, 1.165) is 28.8 Å². The first-order chi connectivity index (χ1) is 21.1. The smallest absolute Gasteiger partial charge is 0.406 e. The van der Waals surface area contributed by atoms with Gasteiger partial charge in [-0.05, 0) is 66.0 Å². The number of ether oxygens (including phenoxy) is 1. The first-order valence-corrected chi connectivity index (χ1v) is 15.3. The molecule has 1 amide bonds. The molecule has 0 bridgehead atoms. The van der Waals surface area contributed by atoms with Crippen LogP contribution in [0.2, 0.25) is 0 Å². The second-order valence-electron chi connectivity index (χ2n) is 10.7. The molecule has 6 rings (SSSR count). The number of rotatable bonds is 7. The summed E-state index contributed by atoms with van der Waals surface area (Å²) in [4.78, 5) is 23.4. The van der Waals surface area contributed by atoms with E-state index in [1.165, 1.54) is 47.0 Å². The van der Waals surface area contributed by atoms with Gasteiger partial charge in [0.2, 0.25) is 5.91 Å². The second-order valence-corrected chi connectivity index (χ2v) is 12.0. The predicted molar refractivity (Wildman–Crippen MR) is 168 cm³/mol. The fourth-order valence-corrected chi connectivity index (χ4v) is 6.22. The summed E-state index contributed by atoms with van der Waals surface area (Å²) in [6.45, 7) is 4.20. The molecule has 1 saturated carbocycles. The van der Waals surface area contributed by atoms with E-state index in [-0.39, 0.29) is 29.5 Å². The molecule has 2 unspecified atom stereocenters. The summed E-state index contributed by atoms with van der Waals surface area (Å²) in [5.74, 6) is 1.01. The molecule has 4 aromatic rings. The zero-order chi connectivity index (χ0) is 31.0. The predicted octanol–water partition coefficient (Wildman–Crippen LogP) is 6.82. The van der Waals surface area contributed by atoms with Gasteiger partial charge < -0.3 is 10.1 Å².